The summed E-state index contributed by atoms with van der Waals surface area (Å²) in [6, 6.07) is 43.7. The summed E-state index contributed by atoms with van der Waals surface area (Å²) < 4.78 is 0. The Balaban J connectivity index is 0.00000241. The standard InChI is InChI=1S/C30H18N2S.Pt/c1-2-10-22(11-3-1)28-20-24-13-6-7-14-26(24)30(32-28)33-29-16-8-15-27(31-29)25-18-17-21-9-4-5-12-23(21)19-25;/h1-10,12-17,19-20H;/q-2;+2. The fraction of sp³-hybridized carbons (Fsp3) is 0. The van der Waals surface area contributed by atoms with Gasteiger partial charge in [-0.1, -0.05) is 83.9 Å². The molecule has 34 heavy (non-hydrogen) atoms. The number of aromatic nitrogens is 2. The molecule has 4 aromatic carbocycles. The molecular weight excluding hydrogens is 615 g/mol. The van der Waals surface area contributed by atoms with E-state index in [-0.39, 0.29) is 21.1 Å². The van der Waals surface area contributed by atoms with E-state index in [4.69, 9.17) is 9.97 Å². The smallest absolute Gasteiger partial charge is 0.290 e. The number of nitrogens with zero attached hydrogens (tertiary/aromatic N) is 2. The van der Waals surface area contributed by atoms with Gasteiger partial charge in [-0.3, -0.25) is 9.97 Å². The van der Waals surface area contributed by atoms with E-state index < -0.39 is 0 Å². The van der Waals surface area contributed by atoms with Crippen LogP contribution in [0.3, 0.4) is 0 Å². The normalized spacial score (nSPS) is 10.8. The van der Waals surface area contributed by atoms with E-state index in [1.165, 1.54) is 10.8 Å². The monoisotopic (exact) mass is 633 g/mol. The van der Waals surface area contributed by atoms with Crippen molar-refractivity contribution in [3.8, 4) is 22.5 Å². The minimum Gasteiger partial charge on any atom is -0.290 e. The molecule has 6 rings (SSSR count). The Hall–Kier alpha value is -3.26. The summed E-state index contributed by atoms with van der Waals surface area (Å²) in [6.45, 7) is 0. The predicted octanol–water partition coefficient (Wildman–Crippen LogP) is 7.87. The topological polar surface area (TPSA) is 25.8 Å². The van der Waals surface area contributed by atoms with Gasteiger partial charge in [0.15, 0.2) is 0 Å². The Morgan fingerprint density at radius 1 is 0.588 bits per heavy atom. The largest absolute Gasteiger partial charge is 2.00 e. The predicted molar refractivity (Wildman–Crippen MR) is 136 cm³/mol. The molecule has 0 saturated carbocycles. The second-order valence-electron chi connectivity index (χ2n) is 7.75. The second-order valence-corrected chi connectivity index (χ2v) is 8.76. The maximum absolute atomic E-state index is 4.99. The first-order valence-corrected chi connectivity index (χ1v) is 11.6. The molecule has 0 aliphatic rings. The summed E-state index contributed by atoms with van der Waals surface area (Å²) in [6.07, 6.45) is 0. The summed E-state index contributed by atoms with van der Waals surface area (Å²) in [5.74, 6) is 0. The minimum atomic E-state index is 0. The van der Waals surface area contributed by atoms with E-state index in [1.807, 2.05) is 54.6 Å². The van der Waals surface area contributed by atoms with Crippen molar-refractivity contribution in [2.24, 2.45) is 0 Å². The fourth-order valence-corrected chi connectivity index (χ4v) is 4.86. The van der Waals surface area contributed by atoms with Crippen molar-refractivity contribution >= 4 is 33.3 Å². The number of benzene rings is 4. The van der Waals surface area contributed by atoms with Crippen LogP contribution in [-0.4, -0.2) is 9.97 Å². The van der Waals surface area contributed by atoms with E-state index in [9.17, 15) is 0 Å². The zero-order chi connectivity index (χ0) is 22.0. The van der Waals surface area contributed by atoms with E-state index in [0.29, 0.717) is 0 Å². The molecular formula is C30H18N2PtS. The van der Waals surface area contributed by atoms with Gasteiger partial charge in [0, 0.05) is 5.39 Å². The van der Waals surface area contributed by atoms with Gasteiger partial charge in [0.25, 0.3) is 0 Å². The van der Waals surface area contributed by atoms with Crippen LogP contribution < -0.4 is 0 Å². The van der Waals surface area contributed by atoms with Crippen molar-refractivity contribution in [2.75, 3.05) is 0 Å². The minimum absolute atomic E-state index is 0. The molecule has 4 heteroatoms. The Morgan fingerprint density at radius 2 is 1.38 bits per heavy atom. The van der Waals surface area contributed by atoms with Crippen LogP contribution in [0.5, 0.6) is 0 Å². The molecule has 6 aromatic rings. The van der Waals surface area contributed by atoms with Gasteiger partial charge in [-0.15, -0.1) is 65.0 Å². The van der Waals surface area contributed by atoms with Crippen LogP contribution in [0.25, 0.3) is 44.1 Å². The zero-order valence-electron chi connectivity index (χ0n) is 18.0. The van der Waals surface area contributed by atoms with Gasteiger partial charge in [-0.2, -0.15) is 0 Å². The third kappa shape index (κ3) is 4.55. The van der Waals surface area contributed by atoms with Gasteiger partial charge in [-0.25, -0.2) is 0 Å². The van der Waals surface area contributed by atoms with Gasteiger partial charge in [0.1, 0.15) is 0 Å². The fourth-order valence-electron chi connectivity index (χ4n) is 3.93. The van der Waals surface area contributed by atoms with Crippen LogP contribution in [0.15, 0.2) is 119 Å². The summed E-state index contributed by atoms with van der Waals surface area (Å²) in [4.78, 5) is 9.93. The molecule has 0 saturated heterocycles. The van der Waals surface area contributed by atoms with E-state index in [1.54, 1.807) is 11.8 Å². The van der Waals surface area contributed by atoms with Crippen molar-refractivity contribution in [3.05, 3.63) is 121 Å². The van der Waals surface area contributed by atoms with Crippen LogP contribution in [-0.2, 0) is 21.1 Å². The number of pyridine rings is 2. The molecule has 0 radical (unpaired) electrons. The molecule has 0 spiro atoms. The molecule has 0 aliphatic carbocycles. The van der Waals surface area contributed by atoms with Crippen molar-refractivity contribution < 1.29 is 21.1 Å². The first-order chi connectivity index (χ1) is 16.3. The van der Waals surface area contributed by atoms with Crippen molar-refractivity contribution in [3.63, 3.8) is 0 Å². The van der Waals surface area contributed by atoms with E-state index >= 15 is 0 Å². The molecule has 0 amide bonds. The third-order valence-corrected chi connectivity index (χ3v) is 6.51. The van der Waals surface area contributed by atoms with Crippen molar-refractivity contribution in [1.29, 1.82) is 0 Å². The second kappa shape index (κ2) is 9.93. The Labute approximate surface area is 217 Å². The van der Waals surface area contributed by atoms with Crippen LogP contribution in [0.4, 0.5) is 0 Å². The Kier molecular flexibility index (Phi) is 6.58. The van der Waals surface area contributed by atoms with Gasteiger partial charge >= 0.3 is 21.1 Å². The van der Waals surface area contributed by atoms with E-state index in [2.05, 4.69) is 66.7 Å². The van der Waals surface area contributed by atoms with Gasteiger partial charge in [-0.05, 0) is 22.8 Å². The number of fused-ring (bicyclic) bond motifs is 2. The molecule has 0 atom stereocenters. The van der Waals surface area contributed by atoms with Crippen LogP contribution in [0, 0.1) is 12.1 Å². The van der Waals surface area contributed by atoms with Crippen LogP contribution in [0.2, 0.25) is 0 Å². The van der Waals surface area contributed by atoms with Gasteiger partial charge < -0.3 is 0 Å². The summed E-state index contributed by atoms with van der Waals surface area (Å²) in [5.41, 5.74) is 3.79. The first-order valence-electron chi connectivity index (χ1n) is 10.8. The number of rotatable bonds is 4. The molecule has 2 nitrogen and oxygen atoms in total. The molecule has 0 bridgehead atoms. The van der Waals surface area contributed by atoms with Crippen LogP contribution >= 0.6 is 11.8 Å². The average molecular weight is 634 g/mol. The van der Waals surface area contributed by atoms with Gasteiger partial charge in [0.05, 0.1) is 10.1 Å². The Bertz CT molecular complexity index is 1600. The van der Waals surface area contributed by atoms with Gasteiger partial charge in [0.2, 0.25) is 0 Å². The SMILES string of the molecule is [Pt+2].[c-]1cc2ccccc2cc1-c1cccc(Sc2nc(-c3[c-]cccc3)cc3ccccc23)n1. The molecule has 0 unspecified atom stereocenters. The zero-order valence-corrected chi connectivity index (χ0v) is 21.1. The first kappa shape index (κ1) is 22.5. The molecule has 164 valence electrons. The molecule has 0 N–H and O–H groups in total. The Morgan fingerprint density at radius 3 is 2.24 bits per heavy atom. The molecule has 0 aliphatic heterocycles. The quantitative estimate of drug-likeness (QED) is 0.185. The van der Waals surface area contributed by atoms with Crippen molar-refractivity contribution in [2.45, 2.75) is 10.1 Å². The average Bonchev–Trinajstić information content (AvgIpc) is 2.89. The molecule has 2 heterocycles. The number of hydrogen-bond donors (Lipinski definition) is 0. The molecule has 2 aromatic heterocycles. The van der Waals surface area contributed by atoms with E-state index in [0.717, 1.165) is 43.3 Å². The maximum Gasteiger partial charge on any atom is 2.00 e. The maximum atomic E-state index is 4.99. The summed E-state index contributed by atoms with van der Waals surface area (Å²) in [5, 5.41) is 6.48. The summed E-state index contributed by atoms with van der Waals surface area (Å²) >= 11 is 1.59. The third-order valence-electron chi connectivity index (χ3n) is 5.57. The molecule has 0 fully saturated rings. The van der Waals surface area contributed by atoms with Crippen molar-refractivity contribution in [1.82, 2.24) is 9.97 Å². The number of hydrogen-bond acceptors (Lipinski definition) is 3. The van der Waals surface area contributed by atoms with Crippen LogP contribution in [0.1, 0.15) is 0 Å². The summed E-state index contributed by atoms with van der Waals surface area (Å²) in [7, 11) is 0.